The largest absolute Gasteiger partial charge is 0.455 e. The minimum atomic E-state index is -0.147. The maximum Gasteiger partial charge on any atom is 0.289 e. The molecular weight excluding hydrogens is 492 g/mol. The van der Waals surface area contributed by atoms with E-state index >= 15 is 0 Å². The van der Waals surface area contributed by atoms with Gasteiger partial charge in [-0.05, 0) is 61.7 Å². The Balaban J connectivity index is 0.000000242. The van der Waals surface area contributed by atoms with Crippen molar-refractivity contribution in [2.75, 3.05) is 14.1 Å². The molecule has 2 aromatic carbocycles. The molecule has 32 heavy (non-hydrogen) atoms. The highest BCUT2D eigenvalue weighted by atomic mass is 79.9. The topological polar surface area (TPSA) is 76.5 Å². The number of carbonyl (C=O) groups is 2. The maximum atomic E-state index is 11.3. The average molecular weight is 522 g/mol. The number of halogens is 2. The first-order valence-electron chi connectivity index (χ1n) is 9.96. The lowest BCUT2D eigenvalue weighted by Crippen LogP contribution is -2.20. The van der Waals surface area contributed by atoms with Gasteiger partial charge in [-0.15, -0.1) is 11.6 Å². The number of rotatable bonds is 4. The summed E-state index contributed by atoms with van der Waals surface area (Å²) in [6.07, 6.45) is 0.826. The van der Waals surface area contributed by atoms with Gasteiger partial charge < -0.3 is 15.1 Å². The Labute approximate surface area is 203 Å². The van der Waals surface area contributed by atoms with Gasteiger partial charge in [-0.2, -0.15) is 0 Å². The number of nitrogens with zero attached hydrogens (tertiary/aromatic N) is 1. The number of aldehydes is 1. The maximum absolute atomic E-state index is 11.3. The van der Waals surface area contributed by atoms with Crippen molar-refractivity contribution in [1.29, 1.82) is 0 Å². The molecule has 0 aliphatic heterocycles. The standard InChI is InChI=1S/C10H15N.C8H10ClNO2.C7H5BrO/c1-7-4-8(2)10(6-11)9(3)5-7;1-10(2)8(11)7-4-3-6(5-9)12-7;8-7-3-1-6(5-9)2-4-7/h4-5H,6,11H2,1-3H3;3-4H,5H2,1-2H3;1-5H. The molecule has 0 unspecified atom stereocenters. The zero-order valence-corrected chi connectivity index (χ0v) is 21.5. The summed E-state index contributed by atoms with van der Waals surface area (Å²) in [6.45, 7) is 6.99. The molecule has 3 aromatic rings. The average Bonchev–Trinajstić information content (AvgIpc) is 3.23. The Bertz CT molecular complexity index is 991. The minimum Gasteiger partial charge on any atom is -0.455 e. The second-order valence-electron chi connectivity index (χ2n) is 7.35. The molecule has 0 saturated carbocycles. The van der Waals surface area contributed by atoms with E-state index in [2.05, 4.69) is 48.8 Å². The summed E-state index contributed by atoms with van der Waals surface area (Å²) >= 11 is 8.76. The highest BCUT2D eigenvalue weighted by Gasteiger charge is 2.12. The van der Waals surface area contributed by atoms with E-state index in [0.717, 1.165) is 10.8 Å². The quantitative estimate of drug-likeness (QED) is 0.335. The molecule has 2 N–H and O–H groups in total. The van der Waals surface area contributed by atoms with Crippen LogP contribution in [-0.4, -0.2) is 31.2 Å². The van der Waals surface area contributed by atoms with Gasteiger partial charge in [0.15, 0.2) is 5.76 Å². The fraction of sp³-hybridized carbons (Fsp3) is 0.280. The lowest BCUT2D eigenvalue weighted by Gasteiger charge is -2.07. The van der Waals surface area contributed by atoms with Crippen LogP contribution in [-0.2, 0) is 12.4 Å². The lowest BCUT2D eigenvalue weighted by molar-refractivity contribution is 0.0795. The van der Waals surface area contributed by atoms with Gasteiger partial charge in [-0.25, -0.2) is 0 Å². The zero-order chi connectivity index (χ0) is 24.3. The van der Waals surface area contributed by atoms with Crippen LogP contribution < -0.4 is 5.73 Å². The summed E-state index contributed by atoms with van der Waals surface area (Å²) in [4.78, 5) is 22.8. The van der Waals surface area contributed by atoms with Gasteiger partial charge >= 0.3 is 0 Å². The second kappa shape index (κ2) is 13.9. The third kappa shape index (κ3) is 8.99. The van der Waals surface area contributed by atoms with E-state index in [1.54, 1.807) is 38.4 Å². The fourth-order valence-electron chi connectivity index (χ4n) is 2.86. The number of alkyl halides is 1. The molecular formula is C25H30BrClN2O3. The van der Waals surface area contributed by atoms with Crippen LogP contribution in [0.1, 0.15) is 48.9 Å². The summed E-state index contributed by atoms with van der Waals surface area (Å²) in [5, 5.41) is 0. The van der Waals surface area contributed by atoms with Gasteiger partial charge in [0.25, 0.3) is 5.91 Å². The zero-order valence-electron chi connectivity index (χ0n) is 19.1. The van der Waals surface area contributed by atoms with Crippen LogP contribution in [0.15, 0.2) is 57.4 Å². The number of hydrogen-bond donors (Lipinski definition) is 1. The van der Waals surface area contributed by atoms with Crippen LogP contribution in [0.2, 0.25) is 0 Å². The summed E-state index contributed by atoms with van der Waals surface area (Å²) in [6, 6.07) is 14.9. The molecule has 0 fully saturated rings. The van der Waals surface area contributed by atoms with E-state index in [1.807, 2.05) is 12.1 Å². The van der Waals surface area contributed by atoms with E-state index in [-0.39, 0.29) is 5.91 Å². The number of aryl methyl sites for hydroxylation is 3. The molecule has 1 amide bonds. The number of hydrogen-bond acceptors (Lipinski definition) is 4. The van der Waals surface area contributed by atoms with Crippen molar-refractivity contribution in [3.05, 3.63) is 92.3 Å². The van der Waals surface area contributed by atoms with Gasteiger partial charge in [-0.3, -0.25) is 9.59 Å². The number of benzene rings is 2. The third-order valence-corrected chi connectivity index (χ3v) is 5.25. The molecule has 3 rings (SSSR count). The number of nitrogens with two attached hydrogens (primary N) is 1. The van der Waals surface area contributed by atoms with Crippen molar-refractivity contribution in [2.45, 2.75) is 33.2 Å². The highest BCUT2D eigenvalue weighted by molar-refractivity contribution is 9.10. The first kappa shape index (κ1) is 27.6. The van der Waals surface area contributed by atoms with Gasteiger partial charge in [0.2, 0.25) is 0 Å². The van der Waals surface area contributed by atoms with E-state index in [4.69, 9.17) is 21.8 Å². The van der Waals surface area contributed by atoms with Crippen molar-refractivity contribution in [3.8, 4) is 0 Å². The van der Waals surface area contributed by atoms with Crippen molar-refractivity contribution in [1.82, 2.24) is 4.90 Å². The molecule has 172 valence electrons. The number of amides is 1. The van der Waals surface area contributed by atoms with Gasteiger partial charge in [-0.1, -0.05) is 45.8 Å². The third-order valence-electron chi connectivity index (χ3n) is 4.46. The van der Waals surface area contributed by atoms with E-state index in [1.165, 1.54) is 27.2 Å². The molecule has 0 aliphatic rings. The smallest absolute Gasteiger partial charge is 0.289 e. The lowest BCUT2D eigenvalue weighted by atomic mass is 10.0. The Morgan fingerprint density at radius 2 is 1.62 bits per heavy atom. The predicted molar refractivity (Wildman–Crippen MR) is 134 cm³/mol. The number of carbonyl (C=O) groups excluding carboxylic acids is 2. The first-order chi connectivity index (χ1) is 15.1. The molecule has 0 bridgehead atoms. The van der Waals surface area contributed by atoms with Crippen molar-refractivity contribution < 1.29 is 14.0 Å². The van der Waals surface area contributed by atoms with Gasteiger partial charge in [0.1, 0.15) is 12.0 Å². The van der Waals surface area contributed by atoms with Crippen LogP contribution in [0.4, 0.5) is 0 Å². The van der Waals surface area contributed by atoms with Crippen LogP contribution in [0, 0.1) is 20.8 Å². The van der Waals surface area contributed by atoms with Crippen LogP contribution in [0.3, 0.4) is 0 Å². The van der Waals surface area contributed by atoms with E-state index < -0.39 is 0 Å². The number of furan rings is 1. The van der Waals surface area contributed by atoms with Gasteiger partial charge in [0, 0.05) is 30.7 Å². The fourth-order valence-corrected chi connectivity index (χ4v) is 3.27. The summed E-state index contributed by atoms with van der Waals surface area (Å²) in [7, 11) is 3.34. The SMILES string of the molecule is CN(C)C(=O)c1ccc(CCl)o1.Cc1cc(C)c(CN)c(C)c1.O=Cc1ccc(Br)cc1. The molecule has 0 radical (unpaired) electrons. The first-order valence-corrected chi connectivity index (χ1v) is 11.3. The second-order valence-corrected chi connectivity index (χ2v) is 8.53. The van der Waals surface area contributed by atoms with E-state index in [0.29, 0.717) is 29.5 Å². The molecule has 0 atom stereocenters. The van der Waals surface area contributed by atoms with Crippen molar-refractivity contribution in [3.63, 3.8) is 0 Å². The molecule has 5 nitrogen and oxygen atoms in total. The minimum absolute atomic E-state index is 0.147. The van der Waals surface area contributed by atoms with Crippen molar-refractivity contribution in [2.24, 2.45) is 5.73 Å². The molecule has 7 heteroatoms. The van der Waals surface area contributed by atoms with Crippen LogP contribution in [0.25, 0.3) is 0 Å². The molecule has 0 saturated heterocycles. The van der Waals surface area contributed by atoms with Crippen molar-refractivity contribution >= 4 is 39.7 Å². The van der Waals surface area contributed by atoms with E-state index in [9.17, 15) is 9.59 Å². The Kier molecular flexibility index (Phi) is 12.0. The Morgan fingerprint density at radius 1 is 1.06 bits per heavy atom. The molecule has 1 heterocycles. The Morgan fingerprint density at radius 3 is 2.03 bits per heavy atom. The van der Waals surface area contributed by atoms with Gasteiger partial charge in [0.05, 0.1) is 5.88 Å². The monoisotopic (exact) mass is 520 g/mol. The normalized spacial score (nSPS) is 9.75. The predicted octanol–water partition coefficient (Wildman–Crippen LogP) is 6.05. The van der Waals surface area contributed by atoms with Crippen LogP contribution in [0.5, 0.6) is 0 Å². The molecule has 0 spiro atoms. The summed E-state index contributed by atoms with van der Waals surface area (Å²) in [5.41, 5.74) is 11.5. The molecule has 1 aromatic heterocycles. The highest BCUT2D eigenvalue weighted by Crippen LogP contribution is 2.15. The summed E-state index contributed by atoms with van der Waals surface area (Å²) in [5.74, 6) is 1.09. The Hall–Kier alpha value is -2.41. The van der Waals surface area contributed by atoms with Crippen LogP contribution >= 0.6 is 27.5 Å². The molecule has 0 aliphatic carbocycles. The summed E-state index contributed by atoms with van der Waals surface area (Å²) < 4.78 is 6.13.